The van der Waals surface area contributed by atoms with Gasteiger partial charge in [0.05, 0.1) is 31.9 Å². The number of rotatable bonds is 6. The van der Waals surface area contributed by atoms with Crippen LogP contribution in [0.3, 0.4) is 0 Å². The number of ether oxygens (including phenoxy) is 2. The molecular formula is C14H15NO4S. The molecule has 0 aliphatic heterocycles. The molecule has 0 saturated heterocycles. The van der Waals surface area contributed by atoms with Crippen LogP contribution in [0.4, 0.5) is 0 Å². The zero-order chi connectivity index (χ0) is 14.5. The first-order valence-corrected chi connectivity index (χ1v) is 6.91. The first kappa shape index (κ1) is 14.3. The fraction of sp³-hybridized carbons (Fsp3) is 0.286. The van der Waals surface area contributed by atoms with Crippen molar-refractivity contribution in [2.24, 2.45) is 0 Å². The normalized spacial score (nSPS) is 10.3. The lowest BCUT2D eigenvalue weighted by atomic mass is 10.2. The highest BCUT2D eigenvalue weighted by Crippen LogP contribution is 2.38. The molecule has 106 valence electrons. The van der Waals surface area contributed by atoms with Crippen LogP contribution in [0.25, 0.3) is 10.6 Å². The average Bonchev–Trinajstić information content (AvgIpc) is 2.92. The molecule has 6 heteroatoms. The monoisotopic (exact) mass is 293 g/mol. The number of hydrogen-bond donors (Lipinski definition) is 1. The van der Waals surface area contributed by atoms with Gasteiger partial charge < -0.3 is 14.6 Å². The van der Waals surface area contributed by atoms with Crippen LogP contribution in [0, 0.1) is 0 Å². The molecule has 0 spiro atoms. The minimum absolute atomic E-state index is 0.0818. The molecule has 0 bridgehead atoms. The van der Waals surface area contributed by atoms with Gasteiger partial charge in [0, 0.05) is 11.8 Å². The third kappa shape index (κ3) is 3.08. The summed E-state index contributed by atoms with van der Waals surface area (Å²) in [6.45, 7) is 0. The van der Waals surface area contributed by atoms with E-state index in [1.165, 1.54) is 11.3 Å². The second-order valence-electron chi connectivity index (χ2n) is 4.08. The molecule has 1 N–H and O–H groups in total. The molecule has 0 saturated carbocycles. The van der Waals surface area contributed by atoms with Crippen LogP contribution in [0.15, 0.2) is 23.6 Å². The average molecular weight is 293 g/mol. The van der Waals surface area contributed by atoms with E-state index in [2.05, 4.69) is 4.98 Å². The topological polar surface area (TPSA) is 68.7 Å². The maximum Gasteiger partial charge on any atom is 0.303 e. The van der Waals surface area contributed by atoms with Gasteiger partial charge in [-0.15, -0.1) is 11.3 Å². The third-order valence-corrected chi connectivity index (χ3v) is 3.70. The van der Waals surface area contributed by atoms with Gasteiger partial charge in [0.2, 0.25) is 0 Å². The van der Waals surface area contributed by atoms with E-state index >= 15 is 0 Å². The predicted molar refractivity (Wildman–Crippen MR) is 76.6 cm³/mol. The van der Waals surface area contributed by atoms with Gasteiger partial charge in [-0.25, -0.2) is 4.98 Å². The summed E-state index contributed by atoms with van der Waals surface area (Å²) in [4.78, 5) is 15.0. The van der Waals surface area contributed by atoms with E-state index in [0.29, 0.717) is 17.9 Å². The number of nitrogens with zero attached hydrogens (tertiary/aromatic N) is 1. The molecule has 1 aromatic heterocycles. The van der Waals surface area contributed by atoms with Crippen molar-refractivity contribution in [2.75, 3.05) is 14.2 Å². The van der Waals surface area contributed by atoms with E-state index in [4.69, 9.17) is 14.6 Å². The number of aromatic nitrogens is 1. The number of carbonyl (C=O) groups is 1. The number of aliphatic carboxylic acids is 1. The summed E-state index contributed by atoms with van der Waals surface area (Å²) in [5, 5.41) is 11.4. The summed E-state index contributed by atoms with van der Waals surface area (Å²) >= 11 is 1.46. The van der Waals surface area contributed by atoms with E-state index < -0.39 is 5.97 Å². The number of aryl methyl sites for hydroxylation is 1. The van der Waals surface area contributed by atoms with Crippen LogP contribution >= 0.6 is 11.3 Å². The molecule has 0 amide bonds. The van der Waals surface area contributed by atoms with Crippen molar-refractivity contribution in [3.05, 3.63) is 29.3 Å². The molecule has 0 fully saturated rings. The Labute approximate surface area is 120 Å². The van der Waals surface area contributed by atoms with Gasteiger partial charge in [0.25, 0.3) is 0 Å². The Kier molecular flexibility index (Phi) is 4.57. The second-order valence-corrected chi connectivity index (χ2v) is 4.94. The fourth-order valence-electron chi connectivity index (χ4n) is 1.84. The van der Waals surface area contributed by atoms with Crippen molar-refractivity contribution in [3.8, 4) is 22.1 Å². The zero-order valence-electron chi connectivity index (χ0n) is 11.3. The molecular weight excluding hydrogens is 278 g/mol. The predicted octanol–water partition coefficient (Wildman–Crippen LogP) is 2.84. The van der Waals surface area contributed by atoms with E-state index in [9.17, 15) is 4.79 Å². The Morgan fingerprint density at radius 2 is 2.15 bits per heavy atom. The van der Waals surface area contributed by atoms with E-state index in [-0.39, 0.29) is 6.42 Å². The van der Waals surface area contributed by atoms with E-state index in [0.717, 1.165) is 16.3 Å². The maximum atomic E-state index is 10.6. The molecule has 0 unspecified atom stereocenters. The third-order valence-electron chi connectivity index (χ3n) is 2.78. The summed E-state index contributed by atoms with van der Waals surface area (Å²) in [6, 6.07) is 5.59. The number of para-hydroxylation sites is 1. The highest BCUT2D eigenvalue weighted by molar-refractivity contribution is 7.13. The lowest BCUT2D eigenvalue weighted by Gasteiger charge is -2.10. The Morgan fingerprint density at radius 3 is 2.80 bits per heavy atom. The van der Waals surface area contributed by atoms with Gasteiger partial charge in [0.1, 0.15) is 5.01 Å². The number of thiazole rings is 1. The van der Waals surface area contributed by atoms with Crippen LogP contribution in [0.5, 0.6) is 11.5 Å². The largest absolute Gasteiger partial charge is 0.493 e. The van der Waals surface area contributed by atoms with Gasteiger partial charge in [-0.1, -0.05) is 6.07 Å². The lowest BCUT2D eigenvalue weighted by Crippen LogP contribution is -1.97. The summed E-state index contributed by atoms with van der Waals surface area (Å²) in [5.41, 5.74) is 1.62. The first-order chi connectivity index (χ1) is 9.65. The van der Waals surface area contributed by atoms with Crippen molar-refractivity contribution in [2.45, 2.75) is 12.8 Å². The van der Waals surface area contributed by atoms with Crippen LogP contribution in [0.1, 0.15) is 12.1 Å². The van der Waals surface area contributed by atoms with E-state index in [1.54, 1.807) is 14.2 Å². The molecule has 1 heterocycles. The summed E-state index contributed by atoms with van der Waals surface area (Å²) in [6.07, 6.45) is 0.510. The van der Waals surface area contributed by atoms with Crippen LogP contribution in [0.2, 0.25) is 0 Å². The number of carboxylic acids is 1. The number of hydrogen-bond acceptors (Lipinski definition) is 5. The Bertz CT molecular complexity index is 609. The minimum atomic E-state index is -0.821. The van der Waals surface area contributed by atoms with Gasteiger partial charge in [0.15, 0.2) is 11.5 Å². The Balaban J connectivity index is 2.30. The van der Waals surface area contributed by atoms with Gasteiger partial charge in [-0.3, -0.25) is 4.79 Å². The standard InChI is InChI=1S/C14H15NO4S/c1-18-11-5-3-4-10(13(11)19-2)14-15-9(8-20-14)6-7-12(16)17/h3-5,8H,6-7H2,1-2H3,(H,16,17). The Morgan fingerprint density at radius 1 is 1.35 bits per heavy atom. The van der Waals surface area contributed by atoms with Crippen molar-refractivity contribution < 1.29 is 19.4 Å². The van der Waals surface area contributed by atoms with Crippen molar-refractivity contribution >= 4 is 17.3 Å². The molecule has 2 rings (SSSR count). The number of carboxylic acid groups (broad SMARTS) is 1. The van der Waals surface area contributed by atoms with Gasteiger partial charge in [-0.2, -0.15) is 0 Å². The number of methoxy groups -OCH3 is 2. The van der Waals surface area contributed by atoms with Crippen LogP contribution in [-0.4, -0.2) is 30.3 Å². The van der Waals surface area contributed by atoms with Crippen molar-refractivity contribution in [3.63, 3.8) is 0 Å². The molecule has 1 aromatic carbocycles. The molecule has 0 aliphatic carbocycles. The molecule has 20 heavy (non-hydrogen) atoms. The van der Waals surface area contributed by atoms with Gasteiger partial charge >= 0.3 is 5.97 Å². The van der Waals surface area contributed by atoms with E-state index in [1.807, 2.05) is 23.6 Å². The van der Waals surface area contributed by atoms with Gasteiger partial charge in [-0.05, 0) is 12.1 Å². The molecule has 2 aromatic rings. The highest BCUT2D eigenvalue weighted by atomic mass is 32.1. The SMILES string of the molecule is COc1cccc(-c2nc(CCC(=O)O)cs2)c1OC. The smallest absolute Gasteiger partial charge is 0.303 e. The second kappa shape index (κ2) is 6.38. The summed E-state index contributed by atoms with van der Waals surface area (Å²) < 4.78 is 10.6. The quantitative estimate of drug-likeness (QED) is 0.887. The Hall–Kier alpha value is -2.08. The molecule has 0 atom stereocenters. The molecule has 5 nitrogen and oxygen atoms in total. The van der Waals surface area contributed by atoms with Crippen LogP contribution in [-0.2, 0) is 11.2 Å². The van der Waals surface area contributed by atoms with Crippen molar-refractivity contribution in [1.29, 1.82) is 0 Å². The maximum absolute atomic E-state index is 10.6. The molecule has 0 aliphatic rings. The lowest BCUT2D eigenvalue weighted by molar-refractivity contribution is -0.136. The van der Waals surface area contributed by atoms with Crippen LogP contribution < -0.4 is 9.47 Å². The summed E-state index contributed by atoms with van der Waals surface area (Å²) in [5.74, 6) is 0.458. The highest BCUT2D eigenvalue weighted by Gasteiger charge is 2.14. The zero-order valence-corrected chi connectivity index (χ0v) is 12.1. The molecule has 0 radical (unpaired) electrons. The summed E-state index contributed by atoms with van der Waals surface area (Å²) in [7, 11) is 3.17. The minimum Gasteiger partial charge on any atom is -0.493 e. The first-order valence-electron chi connectivity index (χ1n) is 6.03. The number of benzene rings is 1. The van der Waals surface area contributed by atoms with Crippen molar-refractivity contribution in [1.82, 2.24) is 4.98 Å². The fourth-order valence-corrected chi connectivity index (χ4v) is 2.71.